The summed E-state index contributed by atoms with van der Waals surface area (Å²) in [6, 6.07) is 9.03. The largest absolute Gasteiger partial charge is 0.489 e. The Morgan fingerprint density at radius 1 is 0.974 bits per heavy atom. The van der Waals surface area contributed by atoms with Crippen molar-refractivity contribution in [3.63, 3.8) is 0 Å². The number of anilines is 2. The van der Waals surface area contributed by atoms with Crippen LogP contribution >= 0.6 is 11.6 Å². The third-order valence-electron chi connectivity index (χ3n) is 16.2. The van der Waals surface area contributed by atoms with Crippen LogP contribution in [0.3, 0.4) is 0 Å². The Morgan fingerprint density at radius 3 is 2.47 bits per heavy atom. The van der Waals surface area contributed by atoms with Crippen LogP contribution in [0.5, 0.6) is 11.8 Å². The Hall–Kier alpha value is -6.94. The zero-order valence-electron chi connectivity index (χ0n) is 43.7. The van der Waals surface area contributed by atoms with Gasteiger partial charge in [0.1, 0.15) is 42.7 Å². The summed E-state index contributed by atoms with van der Waals surface area (Å²) < 4.78 is 80.2. The van der Waals surface area contributed by atoms with Gasteiger partial charge in [-0.15, -0.1) is 0 Å². The number of amides is 1. The van der Waals surface area contributed by atoms with Crippen molar-refractivity contribution < 1.29 is 46.5 Å². The number of piperidine rings is 1. The van der Waals surface area contributed by atoms with E-state index in [-0.39, 0.29) is 126 Å². The quantitative estimate of drug-likeness (QED) is 0.0680. The van der Waals surface area contributed by atoms with E-state index < -0.39 is 46.4 Å². The number of ether oxygens (including phenoxy) is 3. The summed E-state index contributed by atoms with van der Waals surface area (Å²) in [7, 11) is 1.97. The van der Waals surface area contributed by atoms with Gasteiger partial charge in [0.05, 0.1) is 50.9 Å². The SMILES string of the molecule is C=C(COc1ccc2nc3c(c(CN4CCCCC4)c2c1)Cn1c-3cc2c(c1=O)COC(=O)[C@]2(O)CC)C(=O)N1CCN(c2nc(OC[C@@H]3CCCN3C)nc3c(F)c(-c4nc(N)cc(C)c4C(F)(F)F)c(Cl)cc23)[C@@H](C)C1. The number of aryl methyl sites for hydroxylation is 1. The highest BCUT2D eigenvalue weighted by molar-refractivity contribution is 6.34. The second kappa shape index (κ2) is 20.4. The summed E-state index contributed by atoms with van der Waals surface area (Å²) in [6.45, 7) is 12.8. The van der Waals surface area contributed by atoms with Crippen LogP contribution in [0.1, 0.15) is 85.8 Å². The molecule has 6 aromatic rings. The number of alkyl halides is 3. The van der Waals surface area contributed by atoms with Gasteiger partial charge in [0.25, 0.3) is 11.5 Å². The number of likely N-dealkylation sites (N-methyl/N-ethyl adjacent to an activating group) is 1. The highest BCUT2D eigenvalue weighted by atomic mass is 35.5. The number of rotatable bonds is 12. The van der Waals surface area contributed by atoms with Crippen LogP contribution in [0, 0.1) is 12.7 Å². The number of carbonyl (C=O) groups is 2. The zero-order valence-corrected chi connectivity index (χ0v) is 44.5. The lowest BCUT2D eigenvalue weighted by Gasteiger charge is -2.41. The molecule has 9 heterocycles. The molecule has 0 spiro atoms. The summed E-state index contributed by atoms with van der Waals surface area (Å²) in [6.07, 6.45) is 0.179. The number of aliphatic hydroxyl groups is 1. The van der Waals surface area contributed by atoms with Gasteiger partial charge < -0.3 is 44.3 Å². The fourth-order valence-electron chi connectivity index (χ4n) is 11.9. The first kappa shape index (κ1) is 53.1. The van der Waals surface area contributed by atoms with E-state index in [4.69, 9.17) is 41.5 Å². The molecule has 3 atom stereocenters. The second-order valence-electron chi connectivity index (χ2n) is 21.2. The maximum atomic E-state index is 17.1. The van der Waals surface area contributed by atoms with Gasteiger partial charge in [0.15, 0.2) is 11.4 Å². The number of aromatic nitrogens is 5. The maximum Gasteiger partial charge on any atom is 0.418 e. The number of piperazine rings is 1. The van der Waals surface area contributed by atoms with E-state index in [1.807, 2.05) is 31.0 Å². The molecule has 5 aliphatic rings. The zero-order chi connectivity index (χ0) is 55.1. The lowest BCUT2D eigenvalue weighted by atomic mass is 9.86. The Labute approximate surface area is 451 Å². The number of carbonyl (C=O) groups excluding carboxylic acids is 2. The summed E-state index contributed by atoms with van der Waals surface area (Å²) in [5.74, 6) is -1.85. The molecule has 2 aromatic carbocycles. The van der Waals surface area contributed by atoms with Crippen molar-refractivity contribution in [2.75, 3.05) is 70.2 Å². The number of hydrogen-bond acceptors (Lipinski definition) is 15. The van der Waals surface area contributed by atoms with Gasteiger partial charge in [0, 0.05) is 65.7 Å². The number of pyridine rings is 3. The van der Waals surface area contributed by atoms with E-state index >= 15 is 4.39 Å². The van der Waals surface area contributed by atoms with Gasteiger partial charge in [-0.1, -0.05) is 31.5 Å². The predicted octanol–water partition coefficient (Wildman–Crippen LogP) is 7.92. The molecule has 4 aromatic heterocycles. The molecule has 410 valence electrons. The first-order valence-electron chi connectivity index (χ1n) is 26.3. The number of esters is 1. The standard InChI is InChI=1S/C56H59ClF4N10O7/c1-6-55(75)39-22-42-47-37(25-71(42)52(73)38(39)28-77-53(55)74)36(24-68-15-8-7-9-16-68)34-20-33(12-13-41(34)63-47)76-26-30(3)51(72)69-17-18-70(31(4)23-69)50-35-21-40(57)44(49-45(56(59,60)61)29(2)19-43(62)64-49)46(58)48(35)65-54(66-50)78-27-32-11-10-14-67(32)5/h12-13,19-22,31-32,75H,3,6-11,14-18,23-28H2,1-2,4-5H3,(H2,62,64)/t31-,32-,55-/m0/s1. The van der Waals surface area contributed by atoms with E-state index in [1.54, 1.807) is 28.5 Å². The number of halogens is 5. The van der Waals surface area contributed by atoms with E-state index in [9.17, 15) is 32.7 Å². The van der Waals surface area contributed by atoms with Crippen molar-refractivity contribution in [2.24, 2.45) is 0 Å². The van der Waals surface area contributed by atoms with Crippen molar-refractivity contribution in [2.45, 2.75) is 103 Å². The van der Waals surface area contributed by atoms with Crippen LogP contribution in [0.15, 0.2) is 53.3 Å². The summed E-state index contributed by atoms with van der Waals surface area (Å²) in [5, 5.41) is 12.0. The topological polar surface area (TPSA) is 195 Å². The first-order chi connectivity index (χ1) is 37.2. The third kappa shape index (κ3) is 9.34. The molecule has 3 saturated heterocycles. The molecule has 0 radical (unpaired) electrons. The molecule has 78 heavy (non-hydrogen) atoms. The van der Waals surface area contributed by atoms with E-state index in [0.29, 0.717) is 29.2 Å². The number of nitrogens with two attached hydrogens (primary N) is 1. The van der Waals surface area contributed by atoms with Gasteiger partial charge >= 0.3 is 18.2 Å². The van der Waals surface area contributed by atoms with E-state index in [0.717, 1.165) is 74.3 Å². The lowest BCUT2D eigenvalue weighted by molar-refractivity contribution is -0.172. The molecule has 3 N–H and O–H groups in total. The van der Waals surface area contributed by atoms with E-state index in [1.165, 1.54) is 13.0 Å². The number of benzene rings is 2. The molecular weight excluding hydrogens is 1040 g/mol. The lowest BCUT2D eigenvalue weighted by Crippen LogP contribution is -2.54. The van der Waals surface area contributed by atoms with Crippen molar-refractivity contribution in [1.82, 2.24) is 39.2 Å². The van der Waals surface area contributed by atoms with Gasteiger partial charge in [-0.25, -0.2) is 19.2 Å². The molecule has 22 heteroatoms. The molecule has 0 saturated carbocycles. The molecule has 1 amide bonds. The number of fused-ring (bicyclic) bond motifs is 6. The van der Waals surface area contributed by atoms with Gasteiger partial charge in [-0.3, -0.25) is 14.5 Å². The summed E-state index contributed by atoms with van der Waals surface area (Å²) >= 11 is 6.74. The molecule has 17 nitrogen and oxygen atoms in total. The Bertz CT molecular complexity index is 3540. The van der Waals surface area contributed by atoms with Crippen molar-refractivity contribution >= 4 is 56.9 Å². The fourth-order valence-corrected chi connectivity index (χ4v) is 12.2. The van der Waals surface area contributed by atoms with Gasteiger partial charge in [-0.05, 0) is 120 Å². The Balaban J connectivity index is 0.849. The normalized spacial score (nSPS) is 20.7. The monoisotopic (exact) mass is 1090 g/mol. The van der Waals surface area contributed by atoms with Gasteiger partial charge in [0.2, 0.25) is 0 Å². The predicted molar refractivity (Wildman–Crippen MR) is 285 cm³/mol. The number of hydrogen-bond donors (Lipinski definition) is 2. The van der Waals surface area contributed by atoms with Crippen LogP contribution in [-0.4, -0.2) is 128 Å². The van der Waals surface area contributed by atoms with E-state index in [2.05, 4.69) is 26.3 Å². The first-order valence-corrected chi connectivity index (χ1v) is 26.7. The minimum Gasteiger partial charge on any atom is -0.489 e. The number of likely N-dealkylation sites (tertiary alicyclic amines) is 2. The number of cyclic esters (lactones) is 1. The summed E-state index contributed by atoms with van der Waals surface area (Å²) in [5.41, 5.74) is 4.80. The highest BCUT2D eigenvalue weighted by Crippen LogP contribution is 2.46. The van der Waals surface area contributed by atoms with Crippen molar-refractivity contribution in [1.29, 1.82) is 0 Å². The molecule has 0 unspecified atom stereocenters. The Morgan fingerprint density at radius 2 is 1.76 bits per heavy atom. The minimum absolute atomic E-state index is 0.0311. The molecular formula is C56H59ClF4N10O7. The fraction of sp³-hybridized carbons (Fsp3) is 0.446. The average molecular weight is 1100 g/mol. The number of nitrogens with zero attached hydrogens (tertiary/aromatic N) is 9. The minimum atomic E-state index is -4.92. The average Bonchev–Trinajstić information content (AvgIpc) is 4.21. The van der Waals surface area contributed by atoms with Crippen LogP contribution in [0.2, 0.25) is 5.02 Å². The Kier molecular flexibility index (Phi) is 13.9. The van der Waals surface area contributed by atoms with Crippen LogP contribution < -0.4 is 25.7 Å². The third-order valence-corrected chi connectivity index (χ3v) is 16.5. The number of nitrogen functional groups attached to an aromatic ring is 1. The van der Waals surface area contributed by atoms with Gasteiger partial charge in [-0.2, -0.15) is 23.1 Å². The van der Waals surface area contributed by atoms with Crippen molar-refractivity contribution in [3.05, 3.63) is 103 Å². The van der Waals surface area contributed by atoms with Crippen LogP contribution in [0.25, 0.3) is 44.5 Å². The van der Waals surface area contributed by atoms with Crippen molar-refractivity contribution in [3.8, 4) is 34.4 Å². The van der Waals surface area contributed by atoms with Crippen LogP contribution in [0.4, 0.5) is 29.2 Å². The smallest absolute Gasteiger partial charge is 0.418 e. The molecule has 0 bridgehead atoms. The maximum absolute atomic E-state index is 17.1. The second-order valence-corrected chi connectivity index (χ2v) is 21.6. The molecule has 5 aliphatic heterocycles. The van der Waals surface area contributed by atoms with Crippen LogP contribution in [-0.2, 0) is 45.8 Å². The molecule has 3 fully saturated rings. The summed E-state index contributed by atoms with van der Waals surface area (Å²) in [4.78, 5) is 67.4. The molecule has 11 rings (SSSR count). The highest BCUT2D eigenvalue weighted by Gasteiger charge is 2.46. The molecule has 0 aliphatic carbocycles.